The van der Waals surface area contributed by atoms with Gasteiger partial charge in [0.05, 0.1) is 5.70 Å². The van der Waals surface area contributed by atoms with Crippen molar-refractivity contribution in [3.8, 4) is 0 Å². The van der Waals surface area contributed by atoms with Crippen molar-refractivity contribution in [2.45, 2.75) is 39.7 Å². The third kappa shape index (κ3) is 3.03. The van der Waals surface area contributed by atoms with Crippen molar-refractivity contribution >= 4 is 0 Å². The molecule has 1 saturated carbocycles. The first-order valence-corrected chi connectivity index (χ1v) is 8.10. The summed E-state index contributed by atoms with van der Waals surface area (Å²) in [5.41, 5.74) is 4.05. The van der Waals surface area contributed by atoms with Gasteiger partial charge in [0, 0.05) is 12.6 Å². The van der Waals surface area contributed by atoms with E-state index in [1.165, 1.54) is 24.5 Å². The zero-order valence-corrected chi connectivity index (χ0v) is 13.6. The van der Waals surface area contributed by atoms with E-state index in [2.05, 4.69) is 18.3 Å². The molecule has 1 fully saturated rings. The standard InChI is InChI=1S/C19H24FNO/c1-12-9-15(14-7-8-14)19(18(10-12)21-3)22-11-16-13(2)5-4-6-17(16)20/h4-6,10,12,14,21H,7-9,11H2,1-3H3. The molecule has 0 saturated heterocycles. The Hall–Kier alpha value is -1.77. The Morgan fingerprint density at radius 2 is 2.09 bits per heavy atom. The molecule has 0 spiro atoms. The first-order valence-electron chi connectivity index (χ1n) is 8.10. The summed E-state index contributed by atoms with van der Waals surface area (Å²) in [6, 6.07) is 5.17. The average Bonchev–Trinajstić information content (AvgIpc) is 3.31. The molecule has 22 heavy (non-hydrogen) atoms. The maximum atomic E-state index is 14.0. The van der Waals surface area contributed by atoms with Gasteiger partial charge in [-0.25, -0.2) is 4.39 Å². The lowest BCUT2D eigenvalue weighted by Crippen LogP contribution is -2.19. The molecule has 0 aliphatic heterocycles. The molecule has 3 heteroatoms. The van der Waals surface area contributed by atoms with Crippen LogP contribution in [0.25, 0.3) is 0 Å². The number of allylic oxidation sites excluding steroid dienone is 2. The van der Waals surface area contributed by atoms with Gasteiger partial charge in [-0.2, -0.15) is 0 Å². The molecule has 0 bridgehead atoms. The van der Waals surface area contributed by atoms with Crippen molar-refractivity contribution in [3.05, 3.63) is 58.2 Å². The maximum Gasteiger partial charge on any atom is 0.142 e. The summed E-state index contributed by atoms with van der Waals surface area (Å²) in [6.45, 7) is 4.45. The van der Waals surface area contributed by atoms with Crippen molar-refractivity contribution in [3.63, 3.8) is 0 Å². The molecular weight excluding hydrogens is 277 g/mol. The topological polar surface area (TPSA) is 21.3 Å². The summed E-state index contributed by atoms with van der Waals surface area (Å²) in [6.07, 6.45) is 5.78. The number of nitrogens with one attached hydrogen (secondary N) is 1. The highest BCUT2D eigenvalue weighted by molar-refractivity contribution is 5.37. The zero-order chi connectivity index (χ0) is 15.7. The number of ether oxygens (including phenoxy) is 1. The van der Waals surface area contributed by atoms with E-state index in [-0.39, 0.29) is 12.4 Å². The SMILES string of the molecule is CNC1=CC(C)CC(C2CC2)=C1OCc1c(C)cccc1F. The van der Waals surface area contributed by atoms with Crippen LogP contribution in [0.5, 0.6) is 0 Å². The maximum absolute atomic E-state index is 14.0. The molecule has 1 atom stereocenters. The van der Waals surface area contributed by atoms with Crippen LogP contribution in [-0.2, 0) is 11.3 Å². The molecule has 3 rings (SSSR count). The van der Waals surface area contributed by atoms with Crippen LogP contribution in [0.4, 0.5) is 4.39 Å². The van der Waals surface area contributed by atoms with Gasteiger partial charge >= 0.3 is 0 Å². The van der Waals surface area contributed by atoms with Crippen LogP contribution in [0.15, 0.2) is 41.3 Å². The molecule has 1 unspecified atom stereocenters. The number of rotatable bonds is 5. The molecule has 0 aromatic heterocycles. The summed E-state index contributed by atoms with van der Waals surface area (Å²) in [5.74, 6) is 1.95. The first kappa shape index (κ1) is 15.1. The number of hydrogen-bond acceptors (Lipinski definition) is 2. The van der Waals surface area contributed by atoms with E-state index in [1.54, 1.807) is 6.07 Å². The minimum absolute atomic E-state index is 0.187. The number of halogens is 1. The highest BCUT2D eigenvalue weighted by Crippen LogP contribution is 2.44. The van der Waals surface area contributed by atoms with Crippen LogP contribution in [0.3, 0.4) is 0 Å². The minimum Gasteiger partial charge on any atom is -0.487 e. The summed E-state index contributed by atoms with van der Waals surface area (Å²) in [7, 11) is 1.92. The Bertz CT molecular complexity index is 608. The molecule has 2 aliphatic rings. The zero-order valence-electron chi connectivity index (χ0n) is 13.6. The third-order valence-corrected chi connectivity index (χ3v) is 4.58. The molecule has 118 valence electrons. The van der Waals surface area contributed by atoms with Crippen LogP contribution < -0.4 is 5.32 Å². The Kier molecular flexibility index (Phi) is 4.23. The second kappa shape index (κ2) is 6.15. The fraction of sp³-hybridized carbons (Fsp3) is 0.474. The molecule has 0 radical (unpaired) electrons. The first-order chi connectivity index (χ1) is 10.6. The van der Waals surface area contributed by atoms with E-state index in [0.717, 1.165) is 23.4 Å². The second-order valence-corrected chi connectivity index (χ2v) is 6.46. The number of likely N-dealkylation sites (N-methyl/N-ethyl adjacent to an activating group) is 1. The van der Waals surface area contributed by atoms with E-state index in [9.17, 15) is 4.39 Å². The van der Waals surface area contributed by atoms with Gasteiger partial charge in [-0.3, -0.25) is 0 Å². The molecule has 1 aromatic carbocycles. The van der Waals surface area contributed by atoms with Crippen LogP contribution in [-0.4, -0.2) is 7.05 Å². The molecule has 2 aliphatic carbocycles. The largest absolute Gasteiger partial charge is 0.487 e. The van der Waals surface area contributed by atoms with Crippen molar-refractivity contribution < 1.29 is 9.13 Å². The lowest BCUT2D eigenvalue weighted by Gasteiger charge is -2.26. The highest BCUT2D eigenvalue weighted by Gasteiger charge is 2.33. The molecular formula is C19H24FNO. The fourth-order valence-electron chi connectivity index (χ4n) is 3.18. The van der Waals surface area contributed by atoms with Crippen molar-refractivity contribution in [2.24, 2.45) is 11.8 Å². The predicted octanol–water partition coefficient (Wildman–Crippen LogP) is 4.46. The Morgan fingerprint density at radius 3 is 2.73 bits per heavy atom. The minimum atomic E-state index is -0.187. The lowest BCUT2D eigenvalue weighted by molar-refractivity contribution is 0.191. The molecule has 1 N–H and O–H groups in total. The Labute approximate surface area is 132 Å². The van der Waals surface area contributed by atoms with E-state index < -0.39 is 0 Å². The summed E-state index contributed by atoms with van der Waals surface area (Å²) in [4.78, 5) is 0. The quantitative estimate of drug-likeness (QED) is 0.867. The van der Waals surface area contributed by atoms with Gasteiger partial charge in [0.25, 0.3) is 0 Å². The van der Waals surface area contributed by atoms with Gasteiger partial charge in [-0.05, 0) is 55.2 Å². The Morgan fingerprint density at radius 1 is 1.32 bits per heavy atom. The molecule has 1 aromatic rings. The Balaban J connectivity index is 1.85. The van der Waals surface area contributed by atoms with Crippen LogP contribution in [0, 0.1) is 24.6 Å². The third-order valence-electron chi connectivity index (χ3n) is 4.58. The molecule has 0 amide bonds. The van der Waals surface area contributed by atoms with E-state index in [4.69, 9.17) is 4.74 Å². The second-order valence-electron chi connectivity index (χ2n) is 6.46. The van der Waals surface area contributed by atoms with Crippen LogP contribution >= 0.6 is 0 Å². The van der Waals surface area contributed by atoms with Crippen LogP contribution in [0.2, 0.25) is 0 Å². The van der Waals surface area contributed by atoms with E-state index >= 15 is 0 Å². The summed E-state index contributed by atoms with van der Waals surface area (Å²) < 4.78 is 20.1. The number of benzene rings is 1. The van der Waals surface area contributed by atoms with Gasteiger partial charge in [0.1, 0.15) is 18.2 Å². The van der Waals surface area contributed by atoms with Gasteiger partial charge in [-0.1, -0.05) is 25.1 Å². The van der Waals surface area contributed by atoms with Gasteiger partial charge in [-0.15, -0.1) is 0 Å². The highest BCUT2D eigenvalue weighted by atomic mass is 19.1. The predicted molar refractivity (Wildman–Crippen MR) is 86.6 cm³/mol. The monoisotopic (exact) mass is 301 g/mol. The van der Waals surface area contributed by atoms with Gasteiger partial charge < -0.3 is 10.1 Å². The van der Waals surface area contributed by atoms with Gasteiger partial charge in [0.15, 0.2) is 0 Å². The average molecular weight is 301 g/mol. The molecule has 0 heterocycles. The smallest absolute Gasteiger partial charge is 0.142 e. The van der Waals surface area contributed by atoms with Crippen molar-refractivity contribution in [1.82, 2.24) is 5.32 Å². The number of aryl methyl sites for hydroxylation is 1. The normalized spacial score (nSPS) is 21.6. The number of hydrogen-bond donors (Lipinski definition) is 1. The lowest BCUT2D eigenvalue weighted by atomic mass is 9.90. The molecule has 2 nitrogen and oxygen atoms in total. The summed E-state index contributed by atoms with van der Waals surface area (Å²) in [5, 5.41) is 3.25. The van der Waals surface area contributed by atoms with Crippen LogP contribution in [0.1, 0.15) is 37.3 Å². The van der Waals surface area contributed by atoms with Gasteiger partial charge in [0.2, 0.25) is 0 Å². The van der Waals surface area contributed by atoms with Crippen molar-refractivity contribution in [1.29, 1.82) is 0 Å². The van der Waals surface area contributed by atoms with Crippen molar-refractivity contribution in [2.75, 3.05) is 7.05 Å². The van der Waals surface area contributed by atoms with E-state index in [1.807, 2.05) is 20.0 Å². The summed E-state index contributed by atoms with van der Waals surface area (Å²) >= 11 is 0. The van der Waals surface area contributed by atoms with E-state index in [0.29, 0.717) is 17.4 Å². The fourth-order valence-corrected chi connectivity index (χ4v) is 3.18.